The van der Waals surface area contributed by atoms with E-state index in [0.29, 0.717) is 23.9 Å². The summed E-state index contributed by atoms with van der Waals surface area (Å²) in [6.45, 7) is 7.07. The lowest BCUT2D eigenvalue weighted by Gasteiger charge is -2.27. The molecule has 0 aliphatic rings. The number of nitrogens with one attached hydrogen (secondary N) is 1. The number of quaternary nitrogens is 1. The van der Waals surface area contributed by atoms with Gasteiger partial charge in [0.25, 0.3) is 0 Å². The fourth-order valence-corrected chi connectivity index (χ4v) is 11.2. The fourth-order valence-electron chi connectivity index (χ4n) is 10.5. The van der Waals surface area contributed by atoms with Gasteiger partial charge in [-0.05, 0) is 31.8 Å². The van der Waals surface area contributed by atoms with E-state index in [9.17, 15) is 19.0 Å². The quantitative estimate of drug-likeness (QED) is 0.0205. The van der Waals surface area contributed by atoms with Crippen LogP contribution in [0.3, 0.4) is 0 Å². The summed E-state index contributed by atoms with van der Waals surface area (Å²) in [5, 5.41) is 3.06. The number of hydrogen-bond acceptors (Lipinski definition) is 6. The van der Waals surface area contributed by atoms with Crippen molar-refractivity contribution in [1.82, 2.24) is 5.32 Å². The molecule has 0 rings (SSSR count). The Hall–Kier alpha value is -1.25. The van der Waals surface area contributed by atoms with Crippen LogP contribution in [0.4, 0.5) is 0 Å². The van der Waals surface area contributed by atoms with E-state index in [1.165, 1.54) is 263 Å². The molecule has 77 heavy (non-hydrogen) atoms. The van der Waals surface area contributed by atoms with Crippen LogP contribution in [0.5, 0.6) is 0 Å². The number of allylic oxidation sites excluding steroid dienone is 1. The number of carbonyl (C=O) groups excluding carboxylic acids is 2. The summed E-state index contributed by atoms with van der Waals surface area (Å²) in [6.07, 6.45) is 68.0. The number of phosphoric ester groups is 1. The third kappa shape index (κ3) is 59.2. The molecular weight excluding hydrogens is 976 g/mol. The Labute approximate surface area is 480 Å². The summed E-state index contributed by atoms with van der Waals surface area (Å²) in [7, 11) is 1.52. The molecule has 0 aliphatic heterocycles. The molecule has 0 aliphatic carbocycles. The number of carbonyl (C=O) groups is 2. The van der Waals surface area contributed by atoms with Gasteiger partial charge in [0.05, 0.1) is 33.8 Å². The smallest absolute Gasteiger partial charge is 0.456 e. The van der Waals surface area contributed by atoms with Crippen molar-refractivity contribution in [3.05, 3.63) is 12.2 Å². The Morgan fingerprint density at radius 3 is 1.06 bits per heavy atom. The predicted octanol–water partition coefficient (Wildman–Crippen LogP) is 21.1. The first kappa shape index (κ1) is 75.8. The summed E-state index contributed by atoms with van der Waals surface area (Å²) in [5.41, 5.74) is 0. The number of likely N-dealkylation sites (N-methyl/N-ethyl adjacent to an activating group) is 1. The molecule has 0 fully saturated rings. The van der Waals surface area contributed by atoms with Crippen molar-refractivity contribution in [3.8, 4) is 0 Å². The van der Waals surface area contributed by atoms with Crippen LogP contribution < -0.4 is 5.32 Å². The molecule has 3 unspecified atom stereocenters. The van der Waals surface area contributed by atoms with Crippen LogP contribution in [-0.2, 0) is 27.9 Å². The van der Waals surface area contributed by atoms with Crippen LogP contribution in [0, 0.1) is 0 Å². The molecule has 0 spiro atoms. The number of ether oxygens (including phenoxy) is 1. The molecule has 3 atom stereocenters. The van der Waals surface area contributed by atoms with Crippen LogP contribution >= 0.6 is 7.82 Å². The summed E-state index contributed by atoms with van der Waals surface area (Å²) in [4.78, 5) is 37.7. The minimum atomic E-state index is -4.44. The molecule has 0 radical (unpaired) electrons. The average Bonchev–Trinajstić information content (AvgIpc) is 3.39. The van der Waals surface area contributed by atoms with Crippen molar-refractivity contribution in [2.45, 2.75) is 367 Å². The molecule has 0 heterocycles. The Balaban J connectivity index is 4.92. The lowest BCUT2D eigenvalue weighted by molar-refractivity contribution is -0.870. The molecule has 1 amide bonds. The van der Waals surface area contributed by atoms with Crippen LogP contribution in [-0.4, -0.2) is 74.3 Å². The highest BCUT2D eigenvalue weighted by Crippen LogP contribution is 2.43. The monoisotopic (exact) mass is 1110 g/mol. The Bertz CT molecular complexity index is 1320. The standard InChI is InChI=1S/C67H133N2O7P/c1-7-10-13-16-19-22-25-27-28-29-30-31-32-33-34-35-36-37-38-39-40-42-45-48-51-54-57-60-67(71)76-65(58-55-52-49-46-44-41-26-23-20-17-14-11-8-2)64(63-75-77(72,73)74-62-61-69(4,5)6)68-66(70)59-56-53-50-47-43-24-21-18-15-12-9-3/h55,58,64-65H,7-54,56-57,59-63H2,1-6H3,(H-,68,70,72,73)/p+1/b58-55-. The number of hydrogen-bond donors (Lipinski definition) is 2. The Morgan fingerprint density at radius 1 is 0.442 bits per heavy atom. The van der Waals surface area contributed by atoms with Crippen LogP contribution in [0.2, 0.25) is 0 Å². The number of unbranched alkanes of at least 4 members (excludes halogenated alkanes) is 47. The summed E-state index contributed by atoms with van der Waals surface area (Å²) >= 11 is 0. The van der Waals surface area contributed by atoms with Crippen molar-refractivity contribution in [2.24, 2.45) is 0 Å². The third-order valence-electron chi connectivity index (χ3n) is 15.7. The highest BCUT2D eigenvalue weighted by molar-refractivity contribution is 7.47. The van der Waals surface area contributed by atoms with Gasteiger partial charge in [-0.15, -0.1) is 0 Å². The van der Waals surface area contributed by atoms with E-state index in [0.717, 1.165) is 57.8 Å². The van der Waals surface area contributed by atoms with Gasteiger partial charge >= 0.3 is 13.8 Å². The van der Waals surface area contributed by atoms with E-state index >= 15 is 0 Å². The van der Waals surface area contributed by atoms with Crippen molar-refractivity contribution in [2.75, 3.05) is 40.9 Å². The molecule has 2 N–H and O–H groups in total. The van der Waals surface area contributed by atoms with E-state index in [4.69, 9.17) is 13.8 Å². The summed E-state index contributed by atoms with van der Waals surface area (Å²) < 4.78 is 30.7. The minimum absolute atomic E-state index is 0.0457. The van der Waals surface area contributed by atoms with Crippen molar-refractivity contribution < 1.29 is 37.3 Å². The van der Waals surface area contributed by atoms with Gasteiger partial charge in [0.15, 0.2) is 0 Å². The van der Waals surface area contributed by atoms with Crippen molar-refractivity contribution >= 4 is 19.7 Å². The zero-order valence-corrected chi connectivity index (χ0v) is 53.4. The second kappa shape index (κ2) is 58.0. The second-order valence-electron chi connectivity index (χ2n) is 24.7. The first-order valence-corrected chi connectivity index (χ1v) is 35.5. The van der Waals surface area contributed by atoms with Gasteiger partial charge < -0.3 is 19.4 Å². The first-order valence-electron chi connectivity index (χ1n) is 34.0. The van der Waals surface area contributed by atoms with E-state index in [2.05, 4.69) is 26.1 Å². The minimum Gasteiger partial charge on any atom is -0.456 e. The van der Waals surface area contributed by atoms with Crippen LogP contribution in [0.15, 0.2) is 12.2 Å². The van der Waals surface area contributed by atoms with E-state index in [1.807, 2.05) is 33.3 Å². The highest BCUT2D eigenvalue weighted by atomic mass is 31.2. The molecule has 0 aromatic carbocycles. The number of amides is 1. The summed E-state index contributed by atoms with van der Waals surface area (Å²) in [6, 6.07) is -0.839. The van der Waals surface area contributed by atoms with Gasteiger partial charge in [-0.3, -0.25) is 18.6 Å². The van der Waals surface area contributed by atoms with Gasteiger partial charge in [0.1, 0.15) is 19.3 Å². The Kier molecular flexibility index (Phi) is 57.0. The largest absolute Gasteiger partial charge is 0.472 e. The maximum atomic E-state index is 13.5. The highest BCUT2D eigenvalue weighted by Gasteiger charge is 2.30. The first-order chi connectivity index (χ1) is 37.4. The van der Waals surface area contributed by atoms with Crippen LogP contribution in [0.1, 0.15) is 355 Å². The molecule has 0 aromatic heterocycles. The van der Waals surface area contributed by atoms with Gasteiger partial charge in [0, 0.05) is 12.8 Å². The molecule has 9 nitrogen and oxygen atoms in total. The summed E-state index contributed by atoms with van der Waals surface area (Å²) in [5.74, 6) is -0.483. The van der Waals surface area contributed by atoms with Crippen molar-refractivity contribution in [3.63, 3.8) is 0 Å². The molecule has 0 bridgehead atoms. The van der Waals surface area contributed by atoms with E-state index in [-0.39, 0.29) is 25.1 Å². The van der Waals surface area contributed by atoms with Gasteiger partial charge in [-0.2, -0.15) is 0 Å². The van der Waals surface area contributed by atoms with Gasteiger partial charge in [0.2, 0.25) is 5.91 Å². The van der Waals surface area contributed by atoms with Gasteiger partial charge in [-0.25, -0.2) is 4.57 Å². The number of rotatable bonds is 63. The normalized spacial score (nSPS) is 13.6. The molecule has 0 aromatic rings. The number of phosphoric acid groups is 1. The van der Waals surface area contributed by atoms with Crippen molar-refractivity contribution in [1.29, 1.82) is 0 Å². The lowest BCUT2D eigenvalue weighted by Crippen LogP contribution is -2.47. The number of nitrogens with zero attached hydrogens (tertiary/aromatic N) is 1. The van der Waals surface area contributed by atoms with E-state index < -0.39 is 20.0 Å². The molecule has 0 saturated heterocycles. The zero-order valence-electron chi connectivity index (χ0n) is 52.5. The molecule has 0 saturated carbocycles. The fraction of sp³-hybridized carbons (Fsp3) is 0.940. The second-order valence-corrected chi connectivity index (χ2v) is 26.2. The maximum Gasteiger partial charge on any atom is 0.472 e. The predicted molar refractivity (Wildman–Crippen MR) is 333 cm³/mol. The molecule has 458 valence electrons. The Morgan fingerprint density at radius 2 is 0.740 bits per heavy atom. The SMILES string of the molecule is CCCCCCCCCCCCC/C=C\C(OC(=O)CCCCCCCCCCCCCCCCCCCCCCCCCCCCC)C(COP(=O)(O)OCC[N+](C)(C)C)NC(=O)CCCCCCCCCCCCC. The maximum absolute atomic E-state index is 13.5. The number of esters is 1. The topological polar surface area (TPSA) is 111 Å². The molecular formula is C67H134N2O7P+. The van der Waals surface area contributed by atoms with E-state index in [1.54, 1.807) is 0 Å². The molecule has 10 heteroatoms. The van der Waals surface area contributed by atoms with Crippen LogP contribution in [0.25, 0.3) is 0 Å². The third-order valence-corrected chi connectivity index (χ3v) is 16.7. The lowest BCUT2D eigenvalue weighted by atomic mass is 10.0. The zero-order chi connectivity index (χ0) is 56.4. The average molecular weight is 1110 g/mol. The van der Waals surface area contributed by atoms with Gasteiger partial charge in [-0.1, -0.05) is 322 Å².